The van der Waals surface area contributed by atoms with Gasteiger partial charge in [-0.15, -0.1) is 0 Å². The molecule has 0 fully saturated rings. The van der Waals surface area contributed by atoms with Crippen LogP contribution < -0.4 is 5.73 Å². The number of rotatable bonds is 6. The van der Waals surface area contributed by atoms with Gasteiger partial charge in [-0.25, -0.2) is 4.98 Å². The number of nitrogens with two attached hydrogens (primary N) is 1. The molecule has 0 atom stereocenters. The van der Waals surface area contributed by atoms with Gasteiger partial charge in [0.1, 0.15) is 5.82 Å². The Bertz CT molecular complexity index is 1680. The van der Waals surface area contributed by atoms with E-state index in [1.165, 1.54) is 0 Å². The van der Waals surface area contributed by atoms with Crippen molar-refractivity contribution in [2.24, 2.45) is 5.73 Å². The summed E-state index contributed by atoms with van der Waals surface area (Å²) in [5.41, 5.74) is 12.1. The molecule has 1 aromatic heterocycles. The lowest BCUT2D eigenvalue weighted by molar-refractivity contribution is -0.137. The molecule has 0 aliphatic rings. The van der Waals surface area contributed by atoms with Crippen molar-refractivity contribution in [1.29, 1.82) is 0 Å². The lowest BCUT2D eigenvalue weighted by atomic mass is 10.0. The smallest absolute Gasteiger partial charge is 0.366 e. The Morgan fingerprint density at radius 2 is 1.32 bits per heavy atom. The number of imidazole rings is 1. The van der Waals surface area contributed by atoms with E-state index < -0.39 is 17.6 Å². The van der Waals surface area contributed by atoms with Crippen LogP contribution >= 0.6 is 0 Å². The fourth-order valence-electron chi connectivity index (χ4n) is 4.78. The Morgan fingerprint density at radius 3 is 1.88 bits per heavy atom. The molecule has 0 saturated carbocycles. The molecule has 0 spiro atoms. The highest BCUT2D eigenvalue weighted by Crippen LogP contribution is 2.39. The van der Waals surface area contributed by atoms with Crippen molar-refractivity contribution in [3.8, 4) is 33.9 Å². The van der Waals surface area contributed by atoms with Crippen LogP contribution in [-0.4, -0.2) is 15.5 Å². The summed E-state index contributed by atoms with van der Waals surface area (Å²) in [5, 5.41) is 0. The summed E-state index contributed by atoms with van der Waals surface area (Å²) in [6, 6.07) is 26.8. The number of amides is 1. The third-order valence-electron chi connectivity index (χ3n) is 6.86. The molecule has 0 saturated heterocycles. The molecule has 2 N–H and O–H groups in total. The van der Waals surface area contributed by atoms with E-state index in [9.17, 15) is 18.0 Å². The van der Waals surface area contributed by atoms with Gasteiger partial charge in [0.2, 0.25) is 5.91 Å². The zero-order valence-electron chi connectivity index (χ0n) is 22.4. The van der Waals surface area contributed by atoms with Crippen molar-refractivity contribution in [3.05, 3.63) is 124 Å². The fraction of sp³-hybridized carbons (Fsp3) is 0.152. The number of primary amides is 1. The maximum atomic E-state index is 13.8. The van der Waals surface area contributed by atoms with Crippen molar-refractivity contribution >= 4 is 5.91 Å². The third kappa shape index (κ3) is 5.54. The minimum atomic E-state index is -4.50. The molecular weight excluding hydrogens is 511 g/mol. The zero-order chi connectivity index (χ0) is 28.6. The molecule has 0 bridgehead atoms. The number of alkyl halides is 3. The Balaban J connectivity index is 1.80. The van der Waals surface area contributed by atoms with Crippen LogP contribution in [0.1, 0.15) is 38.2 Å². The molecular formula is C33H28F3N3O. The van der Waals surface area contributed by atoms with E-state index in [2.05, 4.69) is 0 Å². The first kappa shape index (κ1) is 26.9. The number of carbonyl (C=O) groups is 1. The highest BCUT2D eigenvalue weighted by molar-refractivity contribution is 5.92. The number of aromatic nitrogens is 2. The van der Waals surface area contributed by atoms with Crippen molar-refractivity contribution in [2.75, 3.05) is 0 Å². The third-order valence-corrected chi connectivity index (χ3v) is 6.86. The van der Waals surface area contributed by atoms with Gasteiger partial charge in [0, 0.05) is 28.8 Å². The molecule has 0 unspecified atom stereocenters. The van der Waals surface area contributed by atoms with E-state index >= 15 is 0 Å². The molecule has 4 nitrogen and oxygen atoms in total. The van der Waals surface area contributed by atoms with Crippen LogP contribution in [-0.2, 0) is 12.7 Å². The summed E-state index contributed by atoms with van der Waals surface area (Å²) in [6.07, 6.45) is -4.50. The van der Waals surface area contributed by atoms with Crippen molar-refractivity contribution in [3.63, 3.8) is 0 Å². The monoisotopic (exact) mass is 539 g/mol. The standard InChI is InChI=1S/C33H28F3N3O/c1-20-4-10-24(11-5-20)29-30(25-12-6-21(2)7-13-25)39(19-23-8-14-26(15-9-23)31(37)40)32(38-29)27-16-22(3)17-28(18-27)33(34,35)36/h4-18H,19H2,1-3H3,(H2,37,40). The van der Waals surface area contributed by atoms with Gasteiger partial charge in [-0.3, -0.25) is 4.79 Å². The molecule has 4 aromatic carbocycles. The minimum absolute atomic E-state index is 0.311. The topological polar surface area (TPSA) is 60.9 Å². The summed E-state index contributed by atoms with van der Waals surface area (Å²) >= 11 is 0. The van der Waals surface area contributed by atoms with Gasteiger partial charge in [0.25, 0.3) is 0 Å². The number of hydrogen-bond donors (Lipinski definition) is 1. The van der Waals surface area contributed by atoms with Crippen LogP contribution in [0.15, 0.2) is 91.0 Å². The first-order valence-electron chi connectivity index (χ1n) is 12.8. The van der Waals surface area contributed by atoms with Gasteiger partial charge < -0.3 is 10.3 Å². The first-order chi connectivity index (χ1) is 19.0. The second-order valence-corrected chi connectivity index (χ2v) is 10.1. The number of nitrogens with zero attached hydrogens (tertiary/aromatic N) is 2. The molecule has 0 aliphatic carbocycles. The predicted octanol–water partition coefficient (Wildman–Crippen LogP) is 7.98. The summed E-state index contributed by atoms with van der Waals surface area (Å²) in [6.45, 7) is 5.96. The van der Waals surface area contributed by atoms with Gasteiger partial charge in [0.05, 0.1) is 17.0 Å². The van der Waals surface area contributed by atoms with Crippen LogP contribution in [0.3, 0.4) is 0 Å². The first-order valence-corrected chi connectivity index (χ1v) is 12.8. The quantitative estimate of drug-likeness (QED) is 0.238. The van der Waals surface area contributed by atoms with Crippen molar-refractivity contribution in [1.82, 2.24) is 9.55 Å². The molecule has 0 radical (unpaired) electrons. The maximum absolute atomic E-state index is 13.8. The Labute approximate surface area is 230 Å². The van der Waals surface area contributed by atoms with Gasteiger partial charge in [-0.2, -0.15) is 13.2 Å². The van der Waals surface area contributed by atoms with Gasteiger partial charge in [-0.05, 0) is 62.2 Å². The Kier molecular flexibility index (Phi) is 7.06. The molecule has 7 heteroatoms. The average Bonchev–Trinajstić information content (AvgIpc) is 3.28. The van der Waals surface area contributed by atoms with Crippen LogP contribution in [0.4, 0.5) is 13.2 Å². The summed E-state index contributed by atoms with van der Waals surface area (Å²) in [7, 11) is 0. The van der Waals surface area contributed by atoms with Crippen LogP contribution in [0.25, 0.3) is 33.9 Å². The molecule has 5 aromatic rings. The summed E-state index contributed by atoms with van der Waals surface area (Å²) in [5.74, 6) is -0.115. The van der Waals surface area contributed by atoms with Gasteiger partial charge in [0.15, 0.2) is 0 Å². The normalized spacial score (nSPS) is 11.6. The number of aryl methyl sites for hydroxylation is 3. The largest absolute Gasteiger partial charge is 0.416 e. The number of hydrogen-bond acceptors (Lipinski definition) is 2. The van der Waals surface area contributed by atoms with Gasteiger partial charge in [-0.1, -0.05) is 71.8 Å². The lowest BCUT2D eigenvalue weighted by Crippen LogP contribution is -2.11. The van der Waals surface area contributed by atoms with Crippen LogP contribution in [0.2, 0.25) is 0 Å². The molecule has 1 amide bonds. The molecule has 5 rings (SSSR count). The summed E-state index contributed by atoms with van der Waals surface area (Å²) < 4.78 is 43.5. The fourth-order valence-corrected chi connectivity index (χ4v) is 4.78. The number of carbonyl (C=O) groups excluding carboxylic acids is 1. The van der Waals surface area contributed by atoms with E-state index in [-0.39, 0.29) is 0 Å². The van der Waals surface area contributed by atoms with Gasteiger partial charge >= 0.3 is 6.18 Å². The van der Waals surface area contributed by atoms with Crippen molar-refractivity contribution in [2.45, 2.75) is 33.5 Å². The molecule has 1 heterocycles. The van der Waals surface area contributed by atoms with E-state index in [0.717, 1.165) is 45.6 Å². The average molecular weight is 540 g/mol. The highest BCUT2D eigenvalue weighted by atomic mass is 19.4. The maximum Gasteiger partial charge on any atom is 0.416 e. The Hall–Kier alpha value is -4.65. The Morgan fingerprint density at radius 1 is 0.750 bits per heavy atom. The zero-order valence-corrected chi connectivity index (χ0v) is 22.4. The van der Waals surface area contributed by atoms with E-state index in [1.807, 2.05) is 66.9 Å². The van der Waals surface area contributed by atoms with Crippen LogP contribution in [0, 0.1) is 20.8 Å². The van der Waals surface area contributed by atoms with E-state index in [1.54, 1.807) is 37.3 Å². The van der Waals surface area contributed by atoms with E-state index in [0.29, 0.717) is 34.8 Å². The number of halogens is 3. The minimum Gasteiger partial charge on any atom is -0.366 e. The summed E-state index contributed by atoms with van der Waals surface area (Å²) in [4.78, 5) is 16.6. The van der Waals surface area contributed by atoms with Crippen molar-refractivity contribution < 1.29 is 18.0 Å². The predicted molar refractivity (Wildman–Crippen MR) is 152 cm³/mol. The second-order valence-electron chi connectivity index (χ2n) is 10.1. The molecule has 0 aliphatic heterocycles. The lowest BCUT2D eigenvalue weighted by Gasteiger charge is -2.16. The van der Waals surface area contributed by atoms with Crippen LogP contribution in [0.5, 0.6) is 0 Å². The SMILES string of the molecule is Cc1ccc(-c2nc(-c3cc(C)cc(C(F)(F)F)c3)n(Cc3ccc(C(N)=O)cc3)c2-c2ccc(C)cc2)cc1. The van der Waals surface area contributed by atoms with E-state index in [4.69, 9.17) is 10.7 Å². The highest BCUT2D eigenvalue weighted by Gasteiger charge is 2.32. The number of benzene rings is 4. The second kappa shape index (κ2) is 10.5. The molecule has 40 heavy (non-hydrogen) atoms. The molecule has 202 valence electrons.